The van der Waals surface area contributed by atoms with E-state index in [1.807, 2.05) is 18.2 Å². The van der Waals surface area contributed by atoms with Gasteiger partial charge < -0.3 is 5.32 Å². The van der Waals surface area contributed by atoms with Crippen LogP contribution in [0.4, 0.5) is 0 Å². The molecule has 0 aliphatic carbocycles. The third-order valence-corrected chi connectivity index (χ3v) is 4.69. The molecule has 0 aliphatic rings. The molecular formula is C16H17Cl2NS. The van der Waals surface area contributed by atoms with Crippen LogP contribution in [0.25, 0.3) is 0 Å². The number of nitrogens with one attached hydrogen (secondary N) is 1. The summed E-state index contributed by atoms with van der Waals surface area (Å²) in [5, 5.41) is 4.68. The first-order chi connectivity index (χ1) is 9.60. The van der Waals surface area contributed by atoms with Gasteiger partial charge in [-0.1, -0.05) is 41.4 Å². The number of rotatable bonds is 5. The molecule has 106 valence electrons. The zero-order valence-electron chi connectivity index (χ0n) is 11.5. The predicted octanol–water partition coefficient (Wildman–Crippen LogP) is 5.57. The van der Waals surface area contributed by atoms with Gasteiger partial charge in [-0.25, -0.2) is 0 Å². The SMILES string of the molecule is CSc1ccc(C(C)NCc2ccc(Cl)c(Cl)c2)cc1. The van der Waals surface area contributed by atoms with E-state index in [4.69, 9.17) is 23.2 Å². The van der Waals surface area contributed by atoms with E-state index in [-0.39, 0.29) is 0 Å². The van der Waals surface area contributed by atoms with Crippen molar-refractivity contribution in [3.63, 3.8) is 0 Å². The minimum atomic E-state index is 0.292. The fourth-order valence-electron chi connectivity index (χ4n) is 1.93. The Morgan fingerprint density at radius 3 is 2.35 bits per heavy atom. The number of halogens is 2. The Morgan fingerprint density at radius 2 is 1.75 bits per heavy atom. The van der Waals surface area contributed by atoms with Crippen molar-refractivity contribution in [2.24, 2.45) is 0 Å². The van der Waals surface area contributed by atoms with Crippen molar-refractivity contribution in [2.75, 3.05) is 6.26 Å². The lowest BCUT2D eigenvalue weighted by Gasteiger charge is -2.15. The number of hydrogen-bond donors (Lipinski definition) is 1. The quantitative estimate of drug-likeness (QED) is 0.721. The van der Waals surface area contributed by atoms with Crippen molar-refractivity contribution in [2.45, 2.75) is 24.4 Å². The molecule has 0 amide bonds. The largest absolute Gasteiger partial charge is 0.306 e. The van der Waals surface area contributed by atoms with Gasteiger partial charge in [-0.3, -0.25) is 0 Å². The van der Waals surface area contributed by atoms with Crippen molar-refractivity contribution >= 4 is 35.0 Å². The maximum atomic E-state index is 6.02. The van der Waals surface area contributed by atoms with E-state index in [1.54, 1.807) is 11.8 Å². The maximum absolute atomic E-state index is 6.02. The van der Waals surface area contributed by atoms with Gasteiger partial charge in [0.1, 0.15) is 0 Å². The summed E-state index contributed by atoms with van der Waals surface area (Å²) in [4.78, 5) is 1.28. The van der Waals surface area contributed by atoms with Gasteiger partial charge in [0.15, 0.2) is 0 Å². The summed E-state index contributed by atoms with van der Waals surface area (Å²) in [5.74, 6) is 0. The van der Waals surface area contributed by atoms with Crippen LogP contribution in [0.5, 0.6) is 0 Å². The third-order valence-electron chi connectivity index (χ3n) is 3.21. The summed E-state index contributed by atoms with van der Waals surface area (Å²) < 4.78 is 0. The third kappa shape index (κ3) is 4.16. The van der Waals surface area contributed by atoms with Gasteiger partial charge in [0, 0.05) is 17.5 Å². The number of hydrogen-bond acceptors (Lipinski definition) is 2. The van der Waals surface area contributed by atoms with Gasteiger partial charge in [-0.2, -0.15) is 0 Å². The molecule has 2 rings (SSSR count). The Labute approximate surface area is 134 Å². The van der Waals surface area contributed by atoms with E-state index in [9.17, 15) is 0 Å². The highest BCUT2D eigenvalue weighted by Gasteiger charge is 2.06. The smallest absolute Gasteiger partial charge is 0.0595 e. The van der Waals surface area contributed by atoms with Crippen LogP contribution in [0, 0.1) is 0 Å². The molecule has 2 aromatic rings. The summed E-state index contributed by atoms with van der Waals surface area (Å²) in [6.45, 7) is 2.92. The predicted molar refractivity (Wildman–Crippen MR) is 89.9 cm³/mol. The standard InChI is InChI=1S/C16H17Cl2NS/c1-11(13-4-6-14(20-2)7-5-13)19-10-12-3-8-15(17)16(18)9-12/h3-9,11,19H,10H2,1-2H3. The van der Waals surface area contributed by atoms with Crippen molar-refractivity contribution in [3.8, 4) is 0 Å². The second-order valence-corrected chi connectivity index (χ2v) is 6.32. The Morgan fingerprint density at radius 1 is 1.05 bits per heavy atom. The van der Waals surface area contributed by atoms with Crippen LogP contribution in [0.3, 0.4) is 0 Å². The monoisotopic (exact) mass is 325 g/mol. The normalized spacial score (nSPS) is 12.4. The lowest BCUT2D eigenvalue weighted by Crippen LogP contribution is -2.18. The molecule has 0 heterocycles. The van der Waals surface area contributed by atoms with Crippen molar-refractivity contribution < 1.29 is 0 Å². The van der Waals surface area contributed by atoms with Gasteiger partial charge in [0.2, 0.25) is 0 Å². The summed E-state index contributed by atoms with van der Waals surface area (Å²) in [6.07, 6.45) is 2.08. The second-order valence-electron chi connectivity index (χ2n) is 4.62. The van der Waals surface area contributed by atoms with Gasteiger partial charge in [-0.05, 0) is 48.6 Å². The van der Waals surface area contributed by atoms with E-state index in [1.165, 1.54) is 10.5 Å². The molecular weight excluding hydrogens is 309 g/mol. The minimum Gasteiger partial charge on any atom is -0.306 e. The van der Waals surface area contributed by atoms with Crippen LogP contribution in [-0.4, -0.2) is 6.26 Å². The molecule has 0 spiro atoms. The topological polar surface area (TPSA) is 12.0 Å². The van der Waals surface area contributed by atoms with Gasteiger partial charge >= 0.3 is 0 Å². The fraction of sp³-hybridized carbons (Fsp3) is 0.250. The van der Waals surface area contributed by atoms with Gasteiger partial charge in [0.25, 0.3) is 0 Å². The summed E-state index contributed by atoms with van der Waals surface area (Å²) >= 11 is 13.7. The molecule has 2 aromatic carbocycles. The molecule has 0 saturated carbocycles. The van der Waals surface area contributed by atoms with Crippen molar-refractivity contribution in [3.05, 3.63) is 63.6 Å². The molecule has 0 bridgehead atoms. The molecule has 20 heavy (non-hydrogen) atoms. The van der Waals surface area contributed by atoms with E-state index in [2.05, 4.69) is 42.8 Å². The van der Waals surface area contributed by atoms with Crippen LogP contribution in [0.2, 0.25) is 10.0 Å². The van der Waals surface area contributed by atoms with Gasteiger partial charge in [0.05, 0.1) is 10.0 Å². The molecule has 0 radical (unpaired) electrons. The van der Waals surface area contributed by atoms with Gasteiger partial charge in [-0.15, -0.1) is 11.8 Å². The van der Waals surface area contributed by atoms with Crippen LogP contribution < -0.4 is 5.32 Å². The fourth-order valence-corrected chi connectivity index (χ4v) is 2.66. The zero-order valence-corrected chi connectivity index (χ0v) is 13.8. The average molecular weight is 326 g/mol. The Bertz CT molecular complexity index is 569. The lowest BCUT2D eigenvalue weighted by molar-refractivity contribution is 0.574. The highest BCUT2D eigenvalue weighted by Crippen LogP contribution is 2.23. The molecule has 1 unspecified atom stereocenters. The summed E-state index contributed by atoms with van der Waals surface area (Å²) in [6, 6.07) is 14.6. The van der Waals surface area contributed by atoms with E-state index in [0.29, 0.717) is 16.1 Å². The Balaban J connectivity index is 1.96. The first-order valence-electron chi connectivity index (χ1n) is 6.41. The first-order valence-corrected chi connectivity index (χ1v) is 8.39. The second kappa shape index (κ2) is 7.37. The van der Waals surface area contributed by atoms with Crippen molar-refractivity contribution in [1.29, 1.82) is 0 Å². The highest BCUT2D eigenvalue weighted by atomic mass is 35.5. The Kier molecular flexibility index (Phi) is 5.79. The molecule has 1 atom stereocenters. The number of benzene rings is 2. The average Bonchev–Trinajstić information content (AvgIpc) is 2.48. The molecule has 0 fully saturated rings. The summed E-state index contributed by atoms with van der Waals surface area (Å²) in [5.41, 5.74) is 2.41. The van der Waals surface area contributed by atoms with Crippen LogP contribution in [0.1, 0.15) is 24.1 Å². The Hall–Kier alpha value is -0.670. The van der Waals surface area contributed by atoms with Crippen LogP contribution >= 0.6 is 35.0 Å². The van der Waals surface area contributed by atoms with Crippen molar-refractivity contribution in [1.82, 2.24) is 5.32 Å². The van der Waals surface area contributed by atoms with Crippen LogP contribution in [-0.2, 0) is 6.54 Å². The molecule has 4 heteroatoms. The van der Waals surface area contributed by atoms with E-state index < -0.39 is 0 Å². The number of thioether (sulfide) groups is 1. The first kappa shape index (κ1) is 15.7. The molecule has 1 N–H and O–H groups in total. The molecule has 1 nitrogen and oxygen atoms in total. The van der Waals surface area contributed by atoms with E-state index in [0.717, 1.165) is 12.1 Å². The minimum absolute atomic E-state index is 0.292. The highest BCUT2D eigenvalue weighted by molar-refractivity contribution is 7.98. The summed E-state index contributed by atoms with van der Waals surface area (Å²) in [7, 11) is 0. The molecule has 0 saturated heterocycles. The lowest BCUT2D eigenvalue weighted by atomic mass is 10.1. The molecule has 0 aliphatic heterocycles. The zero-order chi connectivity index (χ0) is 14.5. The van der Waals surface area contributed by atoms with E-state index >= 15 is 0 Å². The maximum Gasteiger partial charge on any atom is 0.0595 e. The van der Waals surface area contributed by atoms with Crippen LogP contribution in [0.15, 0.2) is 47.4 Å². The molecule has 0 aromatic heterocycles.